The summed E-state index contributed by atoms with van der Waals surface area (Å²) in [6.45, 7) is -0.771. The number of aliphatic hydroxyl groups excluding tert-OH is 1. The Kier molecular flexibility index (Phi) is 3.54. The molecule has 1 aliphatic rings. The number of nitrogen functional groups attached to an aromatic ring is 1. The Hall–Kier alpha value is -1.00. The predicted molar refractivity (Wildman–Crippen MR) is 60.6 cm³/mol. The topological polar surface area (TPSA) is 160 Å². The van der Waals surface area contributed by atoms with Crippen LogP contribution in [0.15, 0.2) is 12.5 Å². The maximum Gasteiger partial charge on any atom is 0.469 e. The summed E-state index contributed by atoms with van der Waals surface area (Å²) in [4.78, 5) is 20.9. The second kappa shape index (κ2) is 5.17. The minimum Gasteiger partial charge on any atom is -0.387 e. The molecule has 6 N–H and O–H groups in total. The highest BCUT2D eigenvalue weighted by Crippen LogP contribution is 2.38. The molecular weight excluding hydrogens is 281 g/mol. The summed E-state index contributed by atoms with van der Waals surface area (Å²) in [5, 5.41) is 19.8. The zero-order valence-corrected chi connectivity index (χ0v) is 10.4. The van der Waals surface area contributed by atoms with Crippen molar-refractivity contribution in [1.29, 1.82) is 0 Å². The van der Waals surface area contributed by atoms with E-state index in [-0.39, 0.29) is 5.82 Å². The van der Waals surface area contributed by atoms with Crippen LogP contribution in [0.25, 0.3) is 0 Å². The van der Waals surface area contributed by atoms with Gasteiger partial charge in [0, 0.05) is 0 Å². The van der Waals surface area contributed by atoms with Gasteiger partial charge in [-0.2, -0.15) is 0 Å². The normalized spacial score (nSPS) is 36.4. The van der Waals surface area contributed by atoms with Gasteiger partial charge in [0.15, 0.2) is 6.23 Å². The third-order valence-corrected chi connectivity index (χ3v) is 3.06. The van der Waals surface area contributed by atoms with Crippen molar-refractivity contribution in [3.8, 4) is 0 Å². The van der Waals surface area contributed by atoms with E-state index >= 15 is 0 Å². The molecule has 19 heavy (non-hydrogen) atoms. The molecule has 0 aromatic carbocycles. The summed E-state index contributed by atoms with van der Waals surface area (Å²) in [5.41, 5.74) is 5.57. The third kappa shape index (κ3) is 3.12. The van der Waals surface area contributed by atoms with E-state index in [9.17, 15) is 14.8 Å². The largest absolute Gasteiger partial charge is 0.469 e. The maximum absolute atomic E-state index is 10.6. The fourth-order valence-electron chi connectivity index (χ4n) is 1.68. The fourth-order valence-corrected chi connectivity index (χ4v) is 2.01. The van der Waals surface area contributed by atoms with Gasteiger partial charge >= 0.3 is 7.82 Å². The Morgan fingerprint density at radius 3 is 2.84 bits per heavy atom. The molecule has 2 rings (SSSR count). The van der Waals surface area contributed by atoms with Gasteiger partial charge < -0.3 is 30.5 Å². The van der Waals surface area contributed by atoms with Gasteiger partial charge in [0.25, 0.3) is 0 Å². The molecule has 1 fully saturated rings. The molecule has 0 bridgehead atoms. The van der Waals surface area contributed by atoms with E-state index < -0.39 is 38.9 Å². The first-order chi connectivity index (χ1) is 9.13. The van der Waals surface area contributed by atoms with E-state index in [0.29, 0.717) is 0 Å². The van der Waals surface area contributed by atoms with Gasteiger partial charge in [0.05, 0.1) is 20.5 Å². The quantitative estimate of drug-likeness (QED) is 0.403. The first-order valence-corrected chi connectivity index (χ1v) is 6.69. The number of hydrogen-bond acceptors (Lipinski definition) is 7. The lowest BCUT2D eigenvalue weighted by atomic mass is 10.1. The van der Waals surface area contributed by atoms with Crippen LogP contribution in [-0.4, -0.2) is 54.4 Å². The van der Waals surface area contributed by atoms with Crippen molar-refractivity contribution >= 4 is 13.6 Å². The molecular formula is C8H14N3O7P. The Bertz CT molecular complexity index is 532. The van der Waals surface area contributed by atoms with Crippen LogP contribution in [0.1, 0.15) is 7.60 Å². The Labute approximate surface area is 109 Å². The number of aliphatic hydroxyl groups is 2. The number of anilines is 1. The smallest absolute Gasteiger partial charge is 0.387 e. The molecule has 10 nitrogen and oxygen atoms in total. The molecule has 1 aromatic rings. The highest BCUT2D eigenvalue weighted by Gasteiger charge is 2.44. The Balaban J connectivity index is 2.17. The van der Waals surface area contributed by atoms with Gasteiger partial charge in [-0.25, -0.2) is 9.55 Å². The van der Waals surface area contributed by atoms with Gasteiger partial charge in [-0.1, -0.05) is 0 Å². The Morgan fingerprint density at radius 1 is 1.63 bits per heavy atom. The number of phosphoric ester groups is 1. The van der Waals surface area contributed by atoms with Gasteiger partial charge in [-0.15, -0.1) is 0 Å². The molecule has 0 amide bonds. The number of phosphoric acid groups is 1. The summed E-state index contributed by atoms with van der Waals surface area (Å²) in [7, 11) is -4.78. The summed E-state index contributed by atoms with van der Waals surface area (Å²) >= 11 is 0. The number of imidazole rings is 1. The Morgan fingerprint density at radius 2 is 2.32 bits per heavy atom. The summed E-state index contributed by atoms with van der Waals surface area (Å²) < 4.78 is 28.8. The van der Waals surface area contributed by atoms with Crippen LogP contribution in [0.4, 0.5) is 5.82 Å². The highest BCUT2D eigenvalue weighted by atomic mass is 31.2. The van der Waals surface area contributed by atoms with Crippen molar-refractivity contribution in [2.75, 3.05) is 12.3 Å². The molecule has 11 heteroatoms. The predicted octanol–water partition coefficient (Wildman–Crippen LogP) is -1.81. The molecule has 4 atom stereocenters. The van der Waals surface area contributed by atoms with Crippen molar-refractivity contribution < 1.29 is 35.2 Å². The van der Waals surface area contributed by atoms with Crippen LogP contribution >= 0.6 is 7.82 Å². The third-order valence-electron chi connectivity index (χ3n) is 2.57. The minimum atomic E-state index is -4.78. The molecule has 0 radical (unpaired) electrons. The van der Waals surface area contributed by atoms with E-state index in [1.54, 1.807) is 0 Å². The number of aromatic nitrogens is 2. The SMILES string of the molecule is [2H][C@@]1(O)[C@@H](COP(=O)(O)O)O[C@@H](n2cncc2N)[C@@H]1O. The van der Waals surface area contributed by atoms with Crippen molar-refractivity contribution in [2.24, 2.45) is 0 Å². The first kappa shape index (κ1) is 13.0. The average molecular weight is 296 g/mol. The van der Waals surface area contributed by atoms with E-state index in [1.807, 2.05) is 0 Å². The van der Waals surface area contributed by atoms with Gasteiger partial charge in [0.2, 0.25) is 0 Å². The van der Waals surface area contributed by atoms with E-state index in [2.05, 4.69) is 9.51 Å². The summed E-state index contributed by atoms with van der Waals surface area (Å²) in [6.07, 6.45) is -4.41. The lowest BCUT2D eigenvalue weighted by molar-refractivity contribution is -0.0510. The molecule has 108 valence electrons. The molecule has 0 saturated carbocycles. The second-order valence-electron chi connectivity index (χ2n) is 3.90. The summed E-state index contributed by atoms with van der Waals surface area (Å²) in [5.74, 6) is 0.126. The molecule has 2 heterocycles. The zero-order chi connectivity index (χ0) is 15.1. The fraction of sp³-hybridized carbons (Fsp3) is 0.625. The average Bonchev–Trinajstić information content (AvgIpc) is 2.81. The molecule has 1 aliphatic heterocycles. The lowest BCUT2D eigenvalue weighted by Gasteiger charge is -2.17. The monoisotopic (exact) mass is 296 g/mol. The van der Waals surface area contributed by atoms with Gasteiger partial charge in [0.1, 0.15) is 24.1 Å². The van der Waals surface area contributed by atoms with Crippen LogP contribution in [0, 0.1) is 0 Å². The number of nitrogens with zero attached hydrogens (tertiary/aromatic N) is 2. The molecule has 0 aliphatic carbocycles. The van der Waals surface area contributed by atoms with Crippen molar-refractivity contribution in [2.45, 2.75) is 24.5 Å². The van der Waals surface area contributed by atoms with Crippen molar-refractivity contribution in [3.05, 3.63) is 12.5 Å². The zero-order valence-electron chi connectivity index (χ0n) is 10.5. The number of rotatable bonds is 4. The molecule has 0 spiro atoms. The maximum atomic E-state index is 10.6. The number of ether oxygens (including phenoxy) is 1. The first-order valence-electron chi connectivity index (χ1n) is 5.66. The van der Waals surface area contributed by atoms with Gasteiger partial charge in [-0.05, 0) is 0 Å². The van der Waals surface area contributed by atoms with Crippen LogP contribution in [0.2, 0.25) is 0 Å². The van der Waals surface area contributed by atoms with Gasteiger partial charge in [-0.3, -0.25) is 9.09 Å². The molecule has 1 saturated heterocycles. The van der Waals surface area contributed by atoms with Crippen LogP contribution in [0.5, 0.6) is 0 Å². The standard InChI is InChI=1S/C8H14N3O7P/c9-5-1-10-3-11(5)8-7(13)6(12)4(18-8)2-17-19(14,15)16/h1,3-4,6-8,12-13H,2,9H2,(H2,14,15,16)/t4-,6-,7-,8-/m1/s1/i6D. The van der Waals surface area contributed by atoms with E-state index in [0.717, 1.165) is 0 Å². The minimum absolute atomic E-state index is 0.126. The highest BCUT2D eigenvalue weighted by molar-refractivity contribution is 7.46. The van der Waals surface area contributed by atoms with Crippen molar-refractivity contribution in [1.82, 2.24) is 9.55 Å². The van der Waals surface area contributed by atoms with E-state index in [1.165, 1.54) is 17.1 Å². The number of nitrogens with two attached hydrogens (primary N) is 1. The molecule has 0 unspecified atom stereocenters. The van der Waals surface area contributed by atoms with Crippen LogP contribution in [-0.2, 0) is 13.8 Å². The summed E-state index contributed by atoms with van der Waals surface area (Å²) in [6, 6.07) is 0. The lowest BCUT2D eigenvalue weighted by Crippen LogP contribution is -2.33. The van der Waals surface area contributed by atoms with Crippen LogP contribution < -0.4 is 5.73 Å². The van der Waals surface area contributed by atoms with E-state index in [4.69, 9.17) is 21.6 Å². The molecule has 1 aromatic heterocycles. The number of hydrogen-bond donors (Lipinski definition) is 5. The van der Waals surface area contributed by atoms with Crippen LogP contribution in [0.3, 0.4) is 0 Å². The second-order valence-corrected chi connectivity index (χ2v) is 5.14. The van der Waals surface area contributed by atoms with Crippen molar-refractivity contribution in [3.63, 3.8) is 0 Å².